The third-order valence-electron chi connectivity index (χ3n) is 0.556. The summed E-state index contributed by atoms with van der Waals surface area (Å²) in [6, 6.07) is 0. The van der Waals surface area contributed by atoms with Gasteiger partial charge >= 0.3 is 22.6 Å². The first-order valence-electron chi connectivity index (χ1n) is 3.28. The Hall–Kier alpha value is 0.168. The van der Waals surface area contributed by atoms with E-state index in [4.69, 9.17) is 9.30 Å². The molecule has 1 aliphatic carbocycles. The standard InChI is InChI=1S/C5H5.C4H7.2CO.Mo/c1-2-4-5-3-1;1-4(2)3;2*1-2;/h1-5H;1-2H2,3H3;;;. The second-order valence-corrected chi connectivity index (χ2v) is 1.92. The molecule has 0 atom stereocenters. The Labute approximate surface area is 103 Å². The van der Waals surface area contributed by atoms with Gasteiger partial charge in [-0.25, -0.2) is 0 Å². The van der Waals surface area contributed by atoms with E-state index in [2.05, 4.69) is 27.1 Å². The fourth-order valence-electron chi connectivity index (χ4n) is 0.321. The zero-order valence-electron chi connectivity index (χ0n) is 8.03. The van der Waals surface area contributed by atoms with Gasteiger partial charge in [-0.15, -0.1) is 0 Å². The van der Waals surface area contributed by atoms with Crippen molar-refractivity contribution in [2.45, 2.75) is 6.92 Å². The first-order chi connectivity index (χ1) is 6.23. The van der Waals surface area contributed by atoms with E-state index < -0.39 is 0 Å². The van der Waals surface area contributed by atoms with Crippen molar-refractivity contribution in [1.29, 1.82) is 0 Å². The molecule has 0 aromatic carbocycles. The summed E-state index contributed by atoms with van der Waals surface area (Å²) in [5.41, 5.74) is 0. The van der Waals surface area contributed by atoms with E-state index >= 15 is 0 Å². The summed E-state index contributed by atoms with van der Waals surface area (Å²) in [6.45, 7) is 17.8. The molecule has 0 aromatic heterocycles. The van der Waals surface area contributed by atoms with Crippen LogP contribution in [-0.4, -0.2) is 0 Å². The van der Waals surface area contributed by atoms with Gasteiger partial charge in [-0.1, -0.05) is 6.92 Å². The minimum atomic E-state index is 0. The molecule has 0 amide bonds. The van der Waals surface area contributed by atoms with Crippen LogP contribution < -0.4 is 0 Å². The van der Waals surface area contributed by atoms with Gasteiger partial charge in [0.1, 0.15) is 0 Å². The summed E-state index contributed by atoms with van der Waals surface area (Å²) in [5, 5.41) is 0. The Balaban J connectivity index is -0.0000000511. The van der Waals surface area contributed by atoms with Crippen LogP contribution in [0.2, 0.25) is 0 Å². The molecule has 3 heteroatoms. The van der Waals surface area contributed by atoms with E-state index in [9.17, 15) is 0 Å². The molecular formula is C11H12MoO2. The van der Waals surface area contributed by atoms with E-state index in [1.165, 1.54) is 0 Å². The monoisotopic (exact) mass is 274 g/mol. The zero-order chi connectivity index (χ0) is 11.1. The molecule has 74 valence electrons. The van der Waals surface area contributed by atoms with Crippen LogP contribution in [0.1, 0.15) is 6.92 Å². The Bertz CT molecular complexity index is 88.0. The maximum absolute atomic E-state index is 7.50. The average Bonchev–Trinajstić information content (AvgIpc) is 2.67. The van der Waals surface area contributed by atoms with Gasteiger partial charge in [0.2, 0.25) is 0 Å². The molecule has 1 saturated carbocycles. The quantitative estimate of drug-likeness (QED) is 0.368. The van der Waals surface area contributed by atoms with Crippen LogP contribution in [0.5, 0.6) is 0 Å². The topological polar surface area (TPSA) is 39.8 Å². The molecule has 0 bridgehead atoms. The molecule has 8 radical (unpaired) electrons. The smallest absolute Gasteiger partial charge is 0 e. The number of hydrogen-bond acceptors (Lipinski definition) is 0. The molecule has 0 aromatic rings. The normalized spacial score (nSPS) is 11.4. The van der Waals surface area contributed by atoms with Gasteiger partial charge in [0.15, 0.2) is 0 Å². The first kappa shape index (κ1) is 23.8. The Morgan fingerprint density at radius 2 is 0.929 bits per heavy atom. The van der Waals surface area contributed by atoms with E-state index in [0.717, 1.165) is 5.92 Å². The third-order valence-corrected chi connectivity index (χ3v) is 0.556. The van der Waals surface area contributed by atoms with E-state index in [0.29, 0.717) is 0 Å². The van der Waals surface area contributed by atoms with Crippen molar-refractivity contribution in [2.24, 2.45) is 0 Å². The summed E-state index contributed by atoms with van der Waals surface area (Å²) >= 11 is 0. The largest absolute Gasteiger partial charge is 0.0591 e. The van der Waals surface area contributed by atoms with Gasteiger partial charge in [-0.3, -0.25) is 0 Å². The van der Waals surface area contributed by atoms with E-state index in [1.54, 1.807) is 0 Å². The zero-order valence-corrected chi connectivity index (χ0v) is 10.0. The molecule has 1 aliphatic rings. The van der Waals surface area contributed by atoms with Crippen molar-refractivity contribution in [3.8, 4) is 0 Å². The molecule has 0 aliphatic heterocycles. The summed E-state index contributed by atoms with van der Waals surface area (Å²) in [7, 11) is 0. The number of hydrogen-bond donors (Lipinski definition) is 0. The fraction of sp³-hybridized carbons (Fsp3) is 0.0909. The molecule has 1 rings (SSSR count). The van der Waals surface area contributed by atoms with Gasteiger partial charge < -0.3 is 0 Å². The molecule has 0 unspecified atom stereocenters. The van der Waals surface area contributed by atoms with Crippen LogP contribution in [0.4, 0.5) is 0 Å². The predicted octanol–water partition coefficient (Wildman–Crippen LogP) is 2.19. The average molecular weight is 272 g/mol. The van der Waals surface area contributed by atoms with E-state index in [-0.39, 0.29) is 21.1 Å². The minimum Gasteiger partial charge on any atom is -0.0591 e. The van der Waals surface area contributed by atoms with Crippen molar-refractivity contribution in [1.82, 2.24) is 0 Å². The van der Waals surface area contributed by atoms with Crippen molar-refractivity contribution >= 4 is 0 Å². The van der Waals surface area contributed by atoms with Gasteiger partial charge in [-0.2, -0.15) is 0 Å². The molecule has 0 spiro atoms. The van der Waals surface area contributed by atoms with E-state index in [1.807, 2.05) is 39.0 Å². The summed E-state index contributed by atoms with van der Waals surface area (Å²) in [4.78, 5) is 0. The van der Waals surface area contributed by atoms with Crippen LogP contribution in [0.3, 0.4) is 0 Å². The van der Waals surface area contributed by atoms with Crippen molar-refractivity contribution in [2.75, 3.05) is 0 Å². The Morgan fingerprint density at radius 3 is 1.00 bits per heavy atom. The molecule has 14 heavy (non-hydrogen) atoms. The molecular weight excluding hydrogens is 260 g/mol. The third kappa shape index (κ3) is 56.8. The molecule has 0 N–H and O–H groups in total. The van der Waals surface area contributed by atoms with Crippen LogP contribution in [-0.2, 0) is 30.4 Å². The fourth-order valence-corrected chi connectivity index (χ4v) is 0.321. The number of rotatable bonds is 0. The second kappa shape index (κ2) is 29.2. The van der Waals surface area contributed by atoms with Gasteiger partial charge in [-0.05, 0) is 51.9 Å². The van der Waals surface area contributed by atoms with Crippen molar-refractivity contribution in [3.63, 3.8) is 0 Å². The van der Waals surface area contributed by atoms with Crippen LogP contribution in [0, 0.1) is 65.2 Å². The Morgan fingerprint density at radius 1 is 0.857 bits per heavy atom. The summed E-state index contributed by atoms with van der Waals surface area (Å²) in [5.74, 6) is 0.917. The Kier molecular flexibility index (Phi) is 49.6. The van der Waals surface area contributed by atoms with Crippen molar-refractivity contribution in [3.05, 3.63) is 65.2 Å². The minimum absolute atomic E-state index is 0. The van der Waals surface area contributed by atoms with Gasteiger partial charge in [0.25, 0.3) is 0 Å². The molecule has 2 nitrogen and oxygen atoms in total. The van der Waals surface area contributed by atoms with Crippen molar-refractivity contribution < 1.29 is 30.4 Å². The predicted molar refractivity (Wildman–Crippen MR) is 49.0 cm³/mol. The maximum atomic E-state index is 7.50. The maximum Gasteiger partial charge on any atom is 0 e. The van der Waals surface area contributed by atoms with Crippen LogP contribution in [0.15, 0.2) is 0 Å². The van der Waals surface area contributed by atoms with Crippen LogP contribution in [0.25, 0.3) is 0 Å². The SMILES string of the molecule is [C-]#[O+].[C-]#[O+].[CH2][C]([CH2])C.[CH]1[CH][CH][CH][CH]1.[Mo]. The molecule has 0 saturated heterocycles. The molecule has 0 heterocycles. The summed E-state index contributed by atoms with van der Waals surface area (Å²) < 4.78 is 15.0. The first-order valence-corrected chi connectivity index (χ1v) is 3.28. The van der Waals surface area contributed by atoms with Gasteiger partial charge in [0.05, 0.1) is 0 Å². The molecule has 1 fully saturated rings. The summed E-state index contributed by atoms with van der Waals surface area (Å²) in [6.07, 6.45) is 10.0. The second-order valence-electron chi connectivity index (χ2n) is 1.92. The van der Waals surface area contributed by atoms with Gasteiger partial charge in [0, 0.05) is 21.1 Å². The van der Waals surface area contributed by atoms with Crippen LogP contribution >= 0.6 is 0 Å².